The van der Waals surface area contributed by atoms with Crippen molar-refractivity contribution in [3.8, 4) is 0 Å². The third-order valence-corrected chi connectivity index (χ3v) is 5.06. The standard InChI is InChI=1S/C16H10N4O2S2/c21-15(9-1-3-11-13(5-9)23-7-17-11)19-20-16(22)10-2-4-12-14(6-10)24-8-18-12/h1-8H,(H,19,21)(H,20,22). The summed E-state index contributed by atoms with van der Waals surface area (Å²) in [4.78, 5) is 32.7. The molecule has 0 atom stereocenters. The predicted octanol–water partition coefficient (Wildman–Crippen LogP) is 2.98. The van der Waals surface area contributed by atoms with E-state index in [4.69, 9.17) is 0 Å². The van der Waals surface area contributed by atoms with Crippen molar-refractivity contribution >= 4 is 54.9 Å². The van der Waals surface area contributed by atoms with Crippen molar-refractivity contribution in [2.45, 2.75) is 0 Å². The third kappa shape index (κ3) is 2.72. The first-order chi connectivity index (χ1) is 11.7. The van der Waals surface area contributed by atoms with Crippen molar-refractivity contribution in [1.29, 1.82) is 0 Å². The molecule has 0 aliphatic rings. The number of carbonyl (C=O) groups excluding carboxylic acids is 2. The van der Waals surface area contributed by atoms with Crippen LogP contribution in [0.5, 0.6) is 0 Å². The maximum absolute atomic E-state index is 12.2. The van der Waals surface area contributed by atoms with Gasteiger partial charge in [0.2, 0.25) is 0 Å². The molecule has 0 radical (unpaired) electrons. The van der Waals surface area contributed by atoms with E-state index in [0.717, 1.165) is 20.4 Å². The summed E-state index contributed by atoms with van der Waals surface area (Å²) in [5, 5.41) is 0. The molecule has 0 spiro atoms. The van der Waals surface area contributed by atoms with Crippen LogP contribution >= 0.6 is 22.7 Å². The maximum Gasteiger partial charge on any atom is 0.269 e. The minimum absolute atomic E-state index is 0.377. The summed E-state index contributed by atoms with van der Waals surface area (Å²) in [5.41, 5.74) is 10.9. The lowest BCUT2D eigenvalue weighted by atomic mass is 10.2. The summed E-state index contributed by atoms with van der Waals surface area (Å²) >= 11 is 2.92. The van der Waals surface area contributed by atoms with Crippen molar-refractivity contribution in [3.63, 3.8) is 0 Å². The van der Waals surface area contributed by atoms with Gasteiger partial charge in [0.05, 0.1) is 31.5 Å². The topological polar surface area (TPSA) is 84.0 Å². The first-order valence-corrected chi connectivity index (χ1v) is 8.74. The number of thiazole rings is 2. The average molecular weight is 354 g/mol. The molecule has 6 nitrogen and oxygen atoms in total. The van der Waals surface area contributed by atoms with Gasteiger partial charge in [-0.25, -0.2) is 9.97 Å². The first-order valence-electron chi connectivity index (χ1n) is 6.98. The Morgan fingerprint density at radius 2 is 1.21 bits per heavy atom. The van der Waals surface area contributed by atoms with Crippen LogP contribution in [-0.2, 0) is 0 Å². The summed E-state index contributed by atoms with van der Waals surface area (Å²) in [6.45, 7) is 0. The van der Waals surface area contributed by atoms with Gasteiger partial charge in [0.25, 0.3) is 11.8 Å². The highest BCUT2D eigenvalue weighted by Crippen LogP contribution is 2.20. The SMILES string of the molecule is O=C(NNC(=O)c1ccc2ncsc2c1)c1ccc2ncsc2c1. The highest BCUT2D eigenvalue weighted by molar-refractivity contribution is 7.17. The molecule has 0 saturated carbocycles. The van der Waals surface area contributed by atoms with Crippen molar-refractivity contribution in [1.82, 2.24) is 20.8 Å². The maximum atomic E-state index is 12.2. The molecule has 2 N–H and O–H groups in total. The Morgan fingerprint density at radius 1 is 0.750 bits per heavy atom. The average Bonchev–Trinajstić information content (AvgIpc) is 3.26. The molecule has 4 aromatic rings. The molecular weight excluding hydrogens is 344 g/mol. The number of carbonyl (C=O) groups is 2. The second-order valence-electron chi connectivity index (χ2n) is 4.98. The van der Waals surface area contributed by atoms with E-state index in [1.807, 2.05) is 0 Å². The molecule has 2 aromatic heterocycles. The van der Waals surface area contributed by atoms with Gasteiger partial charge in [0.15, 0.2) is 0 Å². The quantitative estimate of drug-likeness (QED) is 0.542. The summed E-state index contributed by atoms with van der Waals surface area (Å²) in [6.07, 6.45) is 0. The lowest BCUT2D eigenvalue weighted by Gasteiger charge is -2.07. The van der Waals surface area contributed by atoms with Crippen LogP contribution in [-0.4, -0.2) is 21.8 Å². The minimum Gasteiger partial charge on any atom is -0.267 e. The Bertz CT molecular complexity index is 984. The van der Waals surface area contributed by atoms with E-state index in [-0.39, 0.29) is 11.8 Å². The van der Waals surface area contributed by atoms with Crippen LogP contribution in [0.3, 0.4) is 0 Å². The molecule has 0 fully saturated rings. The second kappa shape index (κ2) is 5.99. The van der Waals surface area contributed by atoms with Crippen molar-refractivity contribution in [2.75, 3.05) is 0 Å². The monoisotopic (exact) mass is 354 g/mol. The van der Waals surface area contributed by atoms with E-state index in [2.05, 4.69) is 20.8 Å². The first kappa shape index (κ1) is 14.7. The predicted molar refractivity (Wildman–Crippen MR) is 94.2 cm³/mol. The zero-order chi connectivity index (χ0) is 16.5. The zero-order valence-corrected chi connectivity index (χ0v) is 13.8. The van der Waals surface area contributed by atoms with E-state index in [9.17, 15) is 9.59 Å². The highest BCUT2D eigenvalue weighted by Gasteiger charge is 2.11. The van der Waals surface area contributed by atoms with Gasteiger partial charge in [0.1, 0.15) is 0 Å². The lowest BCUT2D eigenvalue weighted by molar-refractivity contribution is 0.0847. The Hall–Kier alpha value is -2.84. The minimum atomic E-state index is -0.377. The molecule has 0 unspecified atom stereocenters. The normalized spacial score (nSPS) is 10.8. The number of hydrogen-bond donors (Lipinski definition) is 2. The van der Waals surface area contributed by atoms with Crippen LogP contribution in [0.1, 0.15) is 20.7 Å². The van der Waals surface area contributed by atoms with Crippen molar-refractivity contribution < 1.29 is 9.59 Å². The fourth-order valence-electron chi connectivity index (χ4n) is 2.25. The summed E-state index contributed by atoms with van der Waals surface area (Å²) in [6, 6.07) is 10.4. The highest BCUT2D eigenvalue weighted by atomic mass is 32.1. The summed E-state index contributed by atoms with van der Waals surface area (Å²) in [7, 11) is 0. The summed E-state index contributed by atoms with van der Waals surface area (Å²) in [5.74, 6) is -0.755. The number of benzene rings is 2. The Balaban J connectivity index is 1.46. The molecule has 2 amide bonds. The molecule has 118 valence electrons. The van der Waals surface area contributed by atoms with E-state index in [1.54, 1.807) is 47.4 Å². The number of nitrogens with one attached hydrogen (secondary N) is 2. The Kier molecular flexibility index (Phi) is 3.68. The molecule has 0 aliphatic carbocycles. The number of amides is 2. The largest absolute Gasteiger partial charge is 0.269 e. The van der Waals surface area contributed by atoms with Crippen LogP contribution in [0, 0.1) is 0 Å². The van der Waals surface area contributed by atoms with Gasteiger partial charge in [-0.15, -0.1) is 22.7 Å². The fraction of sp³-hybridized carbons (Fsp3) is 0. The molecule has 0 bridgehead atoms. The van der Waals surface area contributed by atoms with Gasteiger partial charge in [-0.3, -0.25) is 20.4 Å². The molecule has 2 aromatic carbocycles. The molecule has 8 heteroatoms. The molecule has 0 saturated heterocycles. The zero-order valence-electron chi connectivity index (χ0n) is 12.1. The molecule has 24 heavy (non-hydrogen) atoms. The van der Waals surface area contributed by atoms with E-state index in [1.165, 1.54) is 22.7 Å². The van der Waals surface area contributed by atoms with Gasteiger partial charge in [0, 0.05) is 11.1 Å². The Morgan fingerprint density at radius 3 is 1.67 bits per heavy atom. The van der Waals surface area contributed by atoms with Crippen LogP contribution in [0.4, 0.5) is 0 Å². The number of fused-ring (bicyclic) bond motifs is 2. The molecule has 0 aliphatic heterocycles. The van der Waals surface area contributed by atoms with Gasteiger partial charge >= 0.3 is 0 Å². The number of hydrazine groups is 1. The molecular formula is C16H10N4O2S2. The number of nitrogens with zero attached hydrogens (tertiary/aromatic N) is 2. The fourth-order valence-corrected chi connectivity index (χ4v) is 3.68. The van der Waals surface area contributed by atoms with Gasteiger partial charge in [-0.2, -0.15) is 0 Å². The number of aromatic nitrogens is 2. The Labute approximate surface area is 144 Å². The molecule has 4 rings (SSSR count). The van der Waals surface area contributed by atoms with E-state index in [0.29, 0.717) is 11.1 Å². The van der Waals surface area contributed by atoms with Crippen molar-refractivity contribution in [2.24, 2.45) is 0 Å². The van der Waals surface area contributed by atoms with Gasteiger partial charge in [-0.1, -0.05) is 0 Å². The number of hydrogen-bond acceptors (Lipinski definition) is 6. The third-order valence-electron chi connectivity index (χ3n) is 3.48. The van der Waals surface area contributed by atoms with Crippen LogP contribution in [0.2, 0.25) is 0 Å². The second-order valence-corrected chi connectivity index (χ2v) is 6.75. The van der Waals surface area contributed by atoms with E-state index < -0.39 is 0 Å². The van der Waals surface area contributed by atoms with Crippen LogP contribution in [0.15, 0.2) is 47.4 Å². The molecule has 2 heterocycles. The lowest BCUT2D eigenvalue weighted by Crippen LogP contribution is -2.41. The van der Waals surface area contributed by atoms with Crippen LogP contribution < -0.4 is 10.9 Å². The van der Waals surface area contributed by atoms with E-state index >= 15 is 0 Å². The van der Waals surface area contributed by atoms with Crippen LogP contribution in [0.25, 0.3) is 20.4 Å². The smallest absolute Gasteiger partial charge is 0.267 e. The van der Waals surface area contributed by atoms with Gasteiger partial charge < -0.3 is 0 Å². The number of rotatable bonds is 2. The van der Waals surface area contributed by atoms with Gasteiger partial charge in [-0.05, 0) is 36.4 Å². The summed E-state index contributed by atoms with van der Waals surface area (Å²) < 4.78 is 1.84. The van der Waals surface area contributed by atoms with Crippen molar-refractivity contribution in [3.05, 3.63) is 58.5 Å².